The monoisotopic (exact) mass is 306 g/mol. The molecular weight excluding hydrogens is 289 g/mol. The van der Waals surface area contributed by atoms with Crippen LogP contribution in [-0.2, 0) is 6.18 Å². The average molecular weight is 306 g/mol. The normalized spacial score (nSPS) is 12.3. The number of halogens is 3. The highest BCUT2D eigenvalue weighted by atomic mass is 19.4. The average Bonchev–Trinajstić information content (AvgIpc) is 2.43. The van der Waals surface area contributed by atoms with Gasteiger partial charge in [-0.2, -0.15) is 13.2 Å². The molecule has 0 fully saturated rings. The number of nitro benzene ring substituents is 1. The van der Waals surface area contributed by atoms with Crippen molar-refractivity contribution < 1.29 is 23.2 Å². The molecule has 0 aliphatic rings. The van der Waals surface area contributed by atoms with Crippen LogP contribution in [0.15, 0.2) is 18.2 Å². The number of alkyl halides is 3. The van der Waals surface area contributed by atoms with Crippen molar-refractivity contribution in [2.24, 2.45) is 0 Å². The molecule has 5 nitrogen and oxygen atoms in total. The number of nitro groups is 1. The zero-order valence-corrected chi connectivity index (χ0v) is 11.7. The molecule has 0 bridgehead atoms. The van der Waals surface area contributed by atoms with Gasteiger partial charge in [-0.05, 0) is 25.0 Å². The van der Waals surface area contributed by atoms with Crippen molar-refractivity contribution in [3.63, 3.8) is 0 Å². The predicted molar refractivity (Wildman–Crippen MR) is 72.1 cm³/mol. The van der Waals surface area contributed by atoms with Crippen LogP contribution in [0.1, 0.15) is 32.3 Å². The molecule has 0 spiro atoms. The number of nitrogens with zero attached hydrogens (tertiary/aromatic N) is 1. The zero-order valence-electron chi connectivity index (χ0n) is 11.7. The standard InChI is InChI=1S/C13H17F3N2O3/c1-3-12(4-2,8-19)17-10-6-5-9(13(14,15)16)7-11(10)18(20)21/h5-7,17,19H,3-4,8H2,1-2H3. The molecule has 1 rings (SSSR count). The fraction of sp³-hybridized carbons (Fsp3) is 0.538. The van der Waals surface area contributed by atoms with Crippen LogP contribution in [0.3, 0.4) is 0 Å². The van der Waals surface area contributed by atoms with Gasteiger partial charge in [0.2, 0.25) is 0 Å². The molecule has 8 heteroatoms. The van der Waals surface area contributed by atoms with E-state index in [0.717, 1.165) is 12.1 Å². The van der Waals surface area contributed by atoms with Crippen molar-refractivity contribution in [3.05, 3.63) is 33.9 Å². The Morgan fingerprint density at radius 3 is 2.24 bits per heavy atom. The number of rotatable bonds is 6. The Balaban J connectivity index is 3.28. The lowest BCUT2D eigenvalue weighted by Crippen LogP contribution is -2.41. The first-order valence-corrected chi connectivity index (χ1v) is 6.43. The molecule has 0 saturated heterocycles. The number of benzene rings is 1. The van der Waals surface area contributed by atoms with Gasteiger partial charge in [-0.3, -0.25) is 10.1 Å². The van der Waals surface area contributed by atoms with E-state index in [1.807, 2.05) is 0 Å². The second-order valence-corrected chi connectivity index (χ2v) is 4.76. The smallest absolute Gasteiger partial charge is 0.394 e. The second-order valence-electron chi connectivity index (χ2n) is 4.76. The lowest BCUT2D eigenvalue weighted by molar-refractivity contribution is -0.384. The molecular formula is C13H17F3N2O3. The Kier molecular flexibility index (Phi) is 5.16. The van der Waals surface area contributed by atoms with E-state index in [-0.39, 0.29) is 12.3 Å². The van der Waals surface area contributed by atoms with Gasteiger partial charge in [-0.25, -0.2) is 0 Å². The second kappa shape index (κ2) is 6.30. The third-order valence-corrected chi connectivity index (χ3v) is 3.58. The van der Waals surface area contributed by atoms with Crippen LogP contribution in [0.4, 0.5) is 24.5 Å². The zero-order chi connectivity index (χ0) is 16.3. The van der Waals surface area contributed by atoms with Crippen LogP contribution in [0.25, 0.3) is 0 Å². The van der Waals surface area contributed by atoms with Gasteiger partial charge in [0.25, 0.3) is 5.69 Å². The van der Waals surface area contributed by atoms with Crippen LogP contribution in [-0.4, -0.2) is 22.2 Å². The lowest BCUT2D eigenvalue weighted by atomic mass is 9.93. The predicted octanol–water partition coefficient (Wildman–Crippen LogP) is 3.58. The maximum absolute atomic E-state index is 12.6. The number of nitrogens with one attached hydrogen (secondary N) is 1. The SMILES string of the molecule is CCC(CC)(CO)Nc1ccc(C(F)(F)F)cc1[N+](=O)[O-]. The van der Waals surface area contributed by atoms with Crippen LogP contribution in [0.5, 0.6) is 0 Å². The van der Waals surface area contributed by atoms with Gasteiger partial charge < -0.3 is 10.4 Å². The molecule has 21 heavy (non-hydrogen) atoms. The Morgan fingerprint density at radius 1 is 1.29 bits per heavy atom. The van der Waals surface area contributed by atoms with Gasteiger partial charge in [0.05, 0.1) is 22.6 Å². The topological polar surface area (TPSA) is 75.4 Å². The van der Waals surface area contributed by atoms with Crippen LogP contribution < -0.4 is 5.32 Å². The molecule has 0 unspecified atom stereocenters. The number of hydrogen-bond donors (Lipinski definition) is 2. The Morgan fingerprint density at radius 2 is 1.86 bits per heavy atom. The van der Waals surface area contributed by atoms with E-state index < -0.39 is 27.9 Å². The van der Waals surface area contributed by atoms with Gasteiger partial charge in [0.15, 0.2) is 0 Å². The van der Waals surface area contributed by atoms with Crippen molar-refractivity contribution >= 4 is 11.4 Å². The summed E-state index contributed by atoms with van der Waals surface area (Å²) in [5.74, 6) is 0. The fourth-order valence-corrected chi connectivity index (χ4v) is 1.94. The molecule has 0 radical (unpaired) electrons. The minimum absolute atomic E-state index is 0.0363. The van der Waals surface area contributed by atoms with E-state index in [9.17, 15) is 28.4 Å². The van der Waals surface area contributed by atoms with Crippen LogP contribution >= 0.6 is 0 Å². The molecule has 0 aliphatic carbocycles. The third kappa shape index (κ3) is 3.84. The van der Waals surface area contributed by atoms with E-state index in [0.29, 0.717) is 18.9 Å². The molecule has 0 atom stereocenters. The largest absolute Gasteiger partial charge is 0.416 e. The summed E-state index contributed by atoms with van der Waals surface area (Å²) in [6.07, 6.45) is -3.71. The number of anilines is 1. The van der Waals surface area contributed by atoms with E-state index in [1.54, 1.807) is 13.8 Å². The molecule has 1 aromatic rings. The van der Waals surface area contributed by atoms with E-state index in [4.69, 9.17) is 0 Å². The molecule has 0 aromatic heterocycles. The maximum atomic E-state index is 12.6. The minimum Gasteiger partial charge on any atom is -0.394 e. The summed E-state index contributed by atoms with van der Waals surface area (Å²) < 4.78 is 37.8. The first-order valence-electron chi connectivity index (χ1n) is 6.43. The van der Waals surface area contributed by atoms with Crippen molar-refractivity contribution in [1.29, 1.82) is 0 Å². The summed E-state index contributed by atoms with van der Waals surface area (Å²) in [4.78, 5) is 10.1. The van der Waals surface area contributed by atoms with Crippen LogP contribution in [0, 0.1) is 10.1 Å². The quantitative estimate of drug-likeness (QED) is 0.622. The highest BCUT2D eigenvalue weighted by molar-refractivity contribution is 5.64. The van der Waals surface area contributed by atoms with Crippen molar-refractivity contribution in [3.8, 4) is 0 Å². The van der Waals surface area contributed by atoms with E-state index in [1.165, 1.54) is 0 Å². The molecule has 0 heterocycles. The molecule has 1 aromatic carbocycles. The molecule has 0 aliphatic heterocycles. The highest BCUT2D eigenvalue weighted by Gasteiger charge is 2.34. The summed E-state index contributed by atoms with van der Waals surface area (Å²) >= 11 is 0. The van der Waals surface area contributed by atoms with Crippen molar-refractivity contribution in [2.45, 2.75) is 38.4 Å². The summed E-state index contributed by atoms with van der Waals surface area (Å²) in [5.41, 5.74) is -2.58. The lowest BCUT2D eigenvalue weighted by Gasteiger charge is -2.31. The van der Waals surface area contributed by atoms with Gasteiger partial charge in [0.1, 0.15) is 5.69 Å². The molecule has 0 amide bonds. The van der Waals surface area contributed by atoms with Gasteiger partial charge in [0, 0.05) is 6.07 Å². The Bertz CT molecular complexity index is 506. The molecule has 2 N–H and O–H groups in total. The summed E-state index contributed by atoms with van der Waals surface area (Å²) in [5, 5.41) is 23.2. The van der Waals surface area contributed by atoms with Crippen molar-refractivity contribution in [2.75, 3.05) is 11.9 Å². The third-order valence-electron chi connectivity index (χ3n) is 3.58. The summed E-state index contributed by atoms with van der Waals surface area (Å²) in [6.45, 7) is 3.28. The Labute approximate surface area is 119 Å². The fourth-order valence-electron chi connectivity index (χ4n) is 1.94. The first kappa shape index (κ1) is 17.2. The van der Waals surface area contributed by atoms with Gasteiger partial charge in [-0.15, -0.1) is 0 Å². The van der Waals surface area contributed by atoms with E-state index in [2.05, 4.69) is 5.32 Å². The molecule has 118 valence electrons. The summed E-state index contributed by atoms with van der Waals surface area (Å²) in [6, 6.07) is 2.30. The van der Waals surface area contributed by atoms with Gasteiger partial charge in [-0.1, -0.05) is 13.8 Å². The first-order chi connectivity index (χ1) is 9.69. The number of aliphatic hydroxyl groups excluding tert-OH is 1. The Hall–Kier alpha value is -1.83. The number of hydrogen-bond acceptors (Lipinski definition) is 4. The van der Waals surface area contributed by atoms with Crippen molar-refractivity contribution in [1.82, 2.24) is 0 Å². The maximum Gasteiger partial charge on any atom is 0.416 e. The number of aliphatic hydroxyl groups is 1. The molecule has 0 saturated carbocycles. The van der Waals surface area contributed by atoms with Crippen LogP contribution in [0.2, 0.25) is 0 Å². The minimum atomic E-state index is -4.65. The van der Waals surface area contributed by atoms with Gasteiger partial charge >= 0.3 is 6.18 Å². The summed E-state index contributed by atoms with van der Waals surface area (Å²) in [7, 11) is 0. The van der Waals surface area contributed by atoms with E-state index >= 15 is 0 Å². The highest BCUT2D eigenvalue weighted by Crippen LogP contribution is 2.36.